The molecule has 0 N–H and O–H groups in total. The molecule has 4 rings (SSSR count). The molecule has 20 heavy (non-hydrogen) atoms. The zero-order chi connectivity index (χ0) is 13.9. The van der Waals surface area contributed by atoms with Crippen LogP contribution in [0.25, 0.3) is 0 Å². The molecule has 0 spiro atoms. The van der Waals surface area contributed by atoms with Crippen LogP contribution in [0, 0.1) is 0 Å². The molecule has 4 heterocycles. The summed E-state index contributed by atoms with van der Waals surface area (Å²) < 4.78 is 19.9. The molecule has 110 valence electrons. The first-order valence-electron chi connectivity index (χ1n) is 7.52. The van der Waals surface area contributed by atoms with Gasteiger partial charge in [0.15, 0.2) is 12.1 Å². The van der Waals surface area contributed by atoms with Crippen LogP contribution >= 0.6 is 0 Å². The maximum Gasteiger partial charge on any atom is 0.188 e. The van der Waals surface area contributed by atoms with Crippen LogP contribution < -0.4 is 0 Å². The van der Waals surface area contributed by atoms with Crippen molar-refractivity contribution in [2.24, 2.45) is 0 Å². The number of hydrogen-bond donors (Lipinski definition) is 0. The lowest BCUT2D eigenvalue weighted by atomic mass is 9.95. The molecule has 3 aliphatic rings. The normalized spacial score (nSPS) is 37.0. The smallest absolute Gasteiger partial charge is 0.188 e. The number of nitrogens with zero attached hydrogens (tertiary/aromatic N) is 3. The minimum absolute atomic E-state index is 0.0323. The zero-order valence-corrected chi connectivity index (χ0v) is 12.2. The molecule has 4 unspecified atom stereocenters. The summed E-state index contributed by atoms with van der Waals surface area (Å²) in [6.45, 7) is 6.83. The summed E-state index contributed by atoms with van der Waals surface area (Å²) >= 11 is 0. The summed E-state index contributed by atoms with van der Waals surface area (Å²) in [5.41, 5.74) is 2.31. The van der Waals surface area contributed by atoms with Crippen LogP contribution in [0.3, 0.4) is 0 Å². The van der Waals surface area contributed by atoms with E-state index >= 15 is 0 Å². The first-order valence-corrected chi connectivity index (χ1v) is 7.52. The standard InChI is InChI=1S/C14H21N3O3/c1-4-5-6-8-11-10-9(7-17(11)16-15-8)18-13-12(10)19-14(2,3)20-13/h9-10,12-13H,4-7H2,1-3H3. The number of aromatic nitrogens is 3. The second kappa shape index (κ2) is 4.26. The van der Waals surface area contributed by atoms with E-state index in [0.29, 0.717) is 0 Å². The fourth-order valence-electron chi connectivity index (χ4n) is 3.61. The molecular formula is C14H21N3O3. The Morgan fingerprint density at radius 3 is 3.00 bits per heavy atom. The second-order valence-electron chi connectivity index (χ2n) is 6.38. The van der Waals surface area contributed by atoms with Gasteiger partial charge in [0.25, 0.3) is 0 Å². The number of unbranched alkanes of at least 4 members (excludes halogenated alkanes) is 1. The van der Waals surface area contributed by atoms with Crippen molar-refractivity contribution >= 4 is 0 Å². The molecule has 1 aromatic heterocycles. The van der Waals surface area contributed by atoms with E-state index < -0.39 is 5.79 Å². The topological polar surface area (TPSA) is 58.4 Å². The average molecular weight is 279 g/mol. The molecule has 6 nitrogen and oxygen atoms in total. The maximum absolute atomic E-state index is 6.06. The van der Waals surface area contributed by atoms with Gasteiger partial charge in [0, 0.05) is 0 Å². The number of rotatable bonds is 3. The van der Waals surface area contributed by atoms with Gasteiger partial charge in [-0.15, -0.1) is 5.10 Å². The van der Waals surface area contributed by atoms with Crippen molar-refractivity contribution in [1.82, 2.24) is 15.0 Å². The summed E-state index contributed by atoms with van der Waals surface area (Å²) in [7, 11) is 0. The van der Waals surface area contributed by atoms with Gasteiger partial charge in [0.05, 0.1) is 30.0 Å². The van der Waals surface area contributed by atoms with Gasteiger partial charge in [-0.05, 0) is 26.7 Å². The SMILES string of the molecule is CCCCc1nnn2c1C1C(C2)OC2OC(C)(C)OC21. The molecule has 0 aliphatic carbocycles. The van der Waals surface area contributed by atoms with Crippen LogP contribution in [-0.2, 0) is 27.2 Å². The van der Waals surface area contributed by atoms with Crippen LogP contribution in [-0.4, -0.2) is 39.3 Å². The fraction of sp³-hybridized carbons (Fsp3) is 0.857. The highest BCUT2D eigenvalue weighted by Crippen LogP contribution is 2.49. The largest absolute Gasteiger partial charge is 0.344 e. The lowest BCUT2D eigenvalue weighted by Crippen LogP contribution is -2.27. The second-order valence-corrected chi connectivity index (χ2v) is 6.38. The van der Waals surface area contributed by atoms with Crippen LogP contribution in [0.4, 0.5) is 0 Å². The fourth-order valence-corrected chi connectivity index (χ4v) is 3.61. The number of fused-ring (bicyclic) bond motifs is 5. The van der Waals surface area contributed by atoms with Gasteiger partial charge in [-0.25, -0.2) is 4.68 Å². The molecule has 4 atom stereocenters. The lowest BCUT2D eigenvalue weighted by Gasteiger charge is -2.21. The first-order chi connectivity index (χ1) is 9.59. The molecular weight excluding hydrogens is 258 g/mol. The summed E-state index contributed by atoms with van der Waals surface area (Å²) in [6.07, 6.45) is 3.12. The Morgan fingerprint density at radius 1 is 1.35 bits per heavy atom. The molecule has 0 radical (unpaired) electrons. The third-order valence-corrected chi connectivity index (χ3v) is 4.43. The van der Waals surface area contributed by atoms with Gasteiger partial charge in [-0.3, -0.25) is 0 Å². The molecule has 0 bridgehead atoms. The number of aryl methyl sites for hydroxylation is 1. The Labute approximate surface area is 118 Å². The van der Waals surface area contributed by atoms with Gasteiger partial charge < -0.3 is 14.2 Å². The van der Waals surface area contributed by atoms with E-state index in [0.717, 1.165) is 31.5 Å². The molecule has 1 aromatic rings. The average Bonchev–Trinajstić information content (AvgIpc) is 3.04. The van der Waals surface area contributed by atoms with Crippen LogP contribution in [0.5, 0.6) is 0 Å². The third kappa shape index (κ3) is 1.75. The number of hydrogen-bond acceptors (Lipinski definition) is 5. The summed E-state index contributed by atoms with van der Waals surface area (Å²) in [4.78, 5) is 0. The molecule has 2 saturated heterocycles. The molecule has 0 saturated carbocycles. The Hall–Kier alpha value is -0.980. The maximum atomic E-state index is 6.06. The minimum atomic E-state index is -0.565. The molecule has 0 aromatic carbocycles. The van der Waals surface area contributed by atoms with E-state index in [1.807, 2.05) is 18.5 Å². The molecule has 6 heteroatoms. The Bertz CT molecular complexity index is 528. The Kier molecular flexibility index (Phi) is 2.71. The van der Waals surface area contributed by atoms with Crippen molar-refractivity contribution in [3.8, 4) is 0 Å². The van der Waals surface area contributed by atoms with Gasteiger partial charge in [0.2, 0.25) is 0 Å². The monoisotopic (exact) mass is 279 g/mol. The Morgan fingerprint density at radius 2 is 2.20 bits per heavy atom. The van der Waals surface area contributed by atoms with Gasteiger partial charge in [0.1, 0.15) is 6.10 Å². The van der Waals surface area contributed by atoms with Gasteiger partial charge >= 0.3 is 0 Å². The van der Waals surface area contributed by atoms with E-state index in [9.17, 15) is 0 Å². The predicted molar refractivity (Wildman–Crippen MR) is 70.1 cm³/mol. The first kappa shape index (κ1) is 12.7. The molecule has 2 fully saturated rings. The summed E-state index contributed by atoms with van der Waals surface area (Å²) in [5, 5.41) is 8.62. The van der Waals surface area contributed by atoms with E-state index in [4.69, 9.17) is 14.2 Å². The third-order valence-electron chi connectivity index (χ3n) is 4.43. The molecule has 0 amide bonds. The van der Waals surface area contributed by atoms with E-state index in [1.165, 1.54) is 5.69 Å². The highest BCUT2D eigenvalue weighted by molar-refractivity contribution is 5.26. The van der Waals surface area contributed by atoms with Crippen molar-refractivity contribution in [2.75, 3.05) is 0 Å². The van der Waals surface area contributed by atoms with Crippen molar-refractivity contribution in [3.63, 3.8) is 0 Å². The van der Waals surface area contributed by atoms with Crippen molar-refractivity contribution in [3.05, 3.63) is 11.4 Å². The number of ether oxygens (including phenoxy) is 3. The lowest BCUT2D eigenvalue weighted by molar-refractivity contribution is -0.206. The predicted octanol–water partition coefficient (Wildman–Crippen LogP) is 1.59. The van der Waals surface area contributed by atoms with Crippen LogP contribution in [0.2, 0.25) is 0 Å². The van der Waals surface area contributed by atoms with Crippen molar-refractivity contribution in [2.45, 2.75) is 76.8 Å². The van der Waals surface area contributed by atoms with Gasteiger partial charge in [-0.2, -0.15) is 0 Å². The van der Waals surface area contributed by atoms with E-state index in [2.05, 4.69) is 17.2 Å². The zero-order valence-electron chi connectivity index (χ0n) is 12.2. The van der Waals surface area contributed by atoms with E-state index in [1.54, 1.807) is 0 Å². The van der Waals surface area contributed by atoms with E-state index in [-0.39, 0.29) is 24.4 Å². The summed E-state index contributed by atoms with van der Waals surface area (Å²) in [5.74, 6) is -0.353. The van der Waals surface area contributed by atoms with Crippen LogP contribution in [0.15, 0.2) is 0 Å². The highest BCUT2D eigenvalue weighted by Gasteiger charge is 2.58. The molecule has 3 aliphatic heterocycles. The Balaban J connectivity index is 1.64. The highest BCUT2D eigenvalue weighted by atomic mass is 16.8. The quantitative estimate of drug-likeness (QED) is 0.841. The minimum Gasteiger partial charge on any atom is -0.344 e. The van der Waals surface area contributed by atoms with Crippen LogP contribution in [0.1, 0.15) is 50.9 Å². The summed E-state index contributed by atoms with van der Waals surface area (Å²) in [6, 6.07) is 0. The van der Waals surface area contributed by atoms with Crippen molar-refractivity contribution in [1.29, 1.82) is 0 Å². The van der Waals surface area contributed by atoms with Crippen molar-refractivity contribution < 1.29 is 14.2 Å². The van der Waals surface area contributed by atoms with Gasteiger partial charge in [-0.1, -0.05) is 18.6 Å².